The summed E-state index contributed by atoms with van der Waals surface area (Å²) in [5.74, 6) is 1.38. The average Bonchev–Trinajstić information content (AvgIpc) is 2.73. The highest BCUT2D eigenvalue weighted by molar-refractivity contribution is 5.58. The summed E-state index contributed by atoms with van der Waals surface area (Å²) in [6.45, 7) is 4.81. The second kappa shape index (κ2) is 4.26. The summed E-state index contributed by atoms with van der Waals surface area (Å²) in [5.41, 5.74) is 7.60. The van der Waals surface area contributed by atoms with Crippen LogP contribution in [0.15, 0.2) is 30.6 Å². The number of para-hydroxylation sites is 1. The van der Waals surface area contributed by atoms with E-state index in [0.29, 0.717) is 17.2 Å². The van der Waals surface area contributed by atoms with Gasteiger partial charge in [0.1, 0.15) is 0 Å². The molecule has 0 saturated heterocycles. The van der Waals surface area contributed by atoms with E-state index in [1.807, 2.05) is 38.2 Å². The van der Waals surface area contributed by atoms with E-state index in [1.54, 1.807) is 10.9 Å². The van der Waals surface area contributed by atoms with Gasteiger partial charge in [0.15, 0.2) is 11.5 Å². The number of nitrogens with two attached hydrogens (primary N) is 1. The number of hydrogen-bond acceptors (Lipinski definition) is 3. The maximum atomic E-state index is 5.92. The number of aromatic nitrogens is 2. The lowest BCUT2D eigenvalue weighted by atomic mass is 10.2. The number of rotatable bonds is 3. The average molecular weight is 217 g/mol. The van der Waals surface area contributed by atoms with Crippen molar-refractivity contribution in [3.8, 4) is 11.5 Å². The van der Waals surface area contributed by atoms with Crippen LogP contribution in [0.25, 0.3) is 0 Å². The van der Waals surface area contributed by atoms with Crippen LogP contribution in [-0.2, 0) is 6.54 Å². The van der Waals surface area contributed by atoms with Gasteiger partial charge in [0, 0.05) is 6.54 Å². The van der Waals surface area contributed by atoms with E-state index >= 15 is 0 Å². The van der Waals surface area contributed by atoms with E-state index in [1.165, 1.54) is 0 Å². The molecule has 0 saturated carbocycles. The minimum absolute atomic E-state index is 0.673. The van der Waals surface area contributed by atoms with Crippen molar-refractivity contribution in [3.63, 3.8) is 0 Å². The Kier molecular flexibility index (Phi) is 2.81. The fraction of sp³-hybridized carbons (Fsp3) is 0.250. The van der Waals surface area contributed by atoms with Crippen LogP contribution in [0, 0.1) is 6.92 Å². The van der Waals surface area contributed by atoms with E-state index in [2.05, 4.69) is 5.10 Å². The number of nitrogens with zero attached hydrogens (tertiary/aromatic N) is 2. The molecule has 0 radical (unpaired) electrons. The number of nitrogen functional groups attached to an aromatic ring is 1. The molecule has 2 aromatic rings. The Morgan fingerprint density at radius 1 is 1.44 bits per heavy atom. The molecule has 0 aliphatic carbocycles. The Morgan fingerprint density at radius 3 is 2.94 bits per heavy atom. The summed E-state index contributed by atoms with van der Waals surface area (Å²) in [6.07, 6.45) is 3.53. The quantitative estimate of drug-likeness (QED) is 0.804. The second-order valence-corrected chi connectivity index (χ2v) is 3.62. The van der Waals surface area contributed by atoms with Crippen LogP contribution < -0.4 is 10.5 Å². The second-order valence-electron chi connectivity index (χ2n) is 3.62. The molecular weight excluding hydrogens is 202 g/mol. The first kappa shape index (κ1) is 10.5. The maximum absolute atomic E-state index is 5.92. The molecule has 0 aliphatic rings. The lowest BCUT2D eigenvalue weighted by molar-refractivity contribution is 0.483. The first-order valence-electron chi connectivity index (χ1n) is 5.26. The first-order chi connectivity index (χ1) is 7.70. The molecule has 1 aromatic carbocycles. The zero-order valence-corrected chi connectivity index (χ0v) is 9.47. The number of aryl methyl sites for hydroxylation is 2. The fourth-order valence-electron chi connectivity index (χ4n) is 1.44. The summed E-state index contributed by atoms with van der Waals surface area (Å²) >= 11 is 0. The van der Waals surface area contributed by atoms with Crippen LogP contribution in [0.5, 0.6) is 11.5 Å². The molecule has 1 heterocycles. The summed E-state index contributed by atoms with van der Waals surface area (Å²) in [4.78, 5) is 0. The Bertz CT molecular complexity index is 491. The summed E-state index contributed by atoms with van der Waals surface area (Å²) < 4.78 is 7.47. The van der Waals surface area contributed by atoms with Crippen LogP contribution >= 0.6 is 0 Å². The Morgan fingerprint density at radius 2 is 2.25 bits per heavy atom. The summed E-state index contributed by atoms with van der Waals surface area (Å²) in [6, 6.07) is 5.73. The predicted molar refractivity (Wildman–Crippen MR) is 63.6 cm³/mol. The van der Waals surface area contributed by atoms with Crippen LogP contribution in [0.2, 0.25) is 0 Å². The van der Waals surface area contributed by atoms with Gasteiger partial charge in [0.05, 0.1) is 18.1 Å². The predicted octanol–water partition coefficient (Wildman–Crippen LogP) is 2.59. The lowest BCUT2D eigenvalue weighted by Gasteiger charge is -2.07. The minimum Gasteiger partial charge on any atom is -0.452 e. The van der Waals surface area contributed by atoms with Gasteiger partial charge in [-0.3, -0.25) is 4.68 Å². The van der Waals surface area contributed by atoms with Gasteiger partial charge in [-0.1, -0.05) is 12.1 Å². The van der Waals surface area contributed by atoms with E-state index in [4.69, 9.17) is 10.5 Å². The number of hydrogen-bond donors (Lipinski definition) is 1. The molecule has 84 valence electrons. The Labute approximate surface area is 94.6 Å². The zero-order valence-electron chi connectivity index (χ0n) is 9.47. The lowest BCUT2D eigenvalue weighted by Crippen LogP contribution is -1.94. The SMILES string of the molecule is CCn1cc(Oc2cccc(C)c2N)cn1. The molecule has 0 spiro atoms. The van der Waals surface area contributed by atoms with Crippen molar-refractivity contribution in [3.05, 3.63) is 36.2 Å². The van der Waals surface area contributed by atoms with Gasteiger partial charge < -0.3 is 10.5 Å². The van der Waals surface area contributed by atoms with Crippen molar-refractivity contribution in [1.82, 2.24) is 9.78 Å². The highest BCUT2D eigenvalue weighted by Gasteiger charge is 2.05. The van der Waals surface area contributed by atoms with Crippen molar-refractivity contribution in [1.29, 1.82) is 0 Å². The topological polar surface area (TPSA) is 53.1 Å². The summed E-state index contributed by atoms with van der Waals surface area (Å²) in [7, 11) is 0. The van der Waals surface area contributed by atoms with Crippen LogP contribution in [0.3, 0.4) is 0 Å². The first-order valence-corrected chi connectivity index (χ1v) is 5.26. The normalized spacial score (nSPS) is 10.4. The Balaban J connectivity index is 2.23. The van der Waals surface area contributed by atoms with Gasteiger partial charge in [-0.05, 0) is 25.5 Å². The van der Waals surface area contributed by atoms with Crippen molar-refractivity contribution >= 4 is 5.69 Å². The monoisotopic (exact) mass is 217 g/mol. The molecule has 0 amide bonds. The van der Waals surface area contributed by atoms with Crippen molar-refractivity contribution < 1.29 is 4.74 Å². The highest BCUT2D eigenvalue weighted by atomic mass is 16.5. The van der Waals surface area contributed by atoms with E-state index in [-0.39, 0.29) is 0 Å². The molecular formula is C12H15N3O. The van der Waals surface area contributed by atoms with Crippen LogP contribution in [0.1, 0.15) is 12.5 Å². The number of anilines is 1. The van der Waals surface area contributed by atoms with Crippen molar-refractivity contribution in [2.45, 2.75) is 20.4 Å². The van der Waals surface area contributed by atoms with Gasteiger partial charge >= 0.3 is 0 Å². The van der Waals surface area contributed by atoms with E-state index in [9.17, 15) is 0 Å². The third-order valence-electron chi connectivity index (χ3n) is 2.45. The van der Waals surface area contributed by atoms with Gasteiger partial charge in [-0.25, -0.2) is 0 Å². The zero-order chi connectivity index (χ0) is 11.5. The summed E-state index contributed by atoms with van der Waals surface area (Å²) in [5, 5.41) is 4.13. The molecule has 0 unspecified atom stereocenters. The molecule has 0 fully saturated rings. The van der Waals surface area contributed by atoms with Crippen LogP contribution in [0.4, 0.5) is 5.69 Å². The van der Waals surface area contributed by atoms with Gasteiger partial charge in [0.25, 0.3) is 0 Å². The van der Waals surface area contributed by atoms with Crippen molar-refractivity contribution in [2.75, 3.05) is 5.73 Å². The van der Waals surface area contributed by atoms with Crippen molar-refractivity contribution in [2.24, 2.45) is 0 Å². The van der Waals surface area contributed by atoms with Crippen LogP contribution in [-0.4, -0.2) is 9.78 Å². The molecule has 0 bridgehead atoms. The molecule has 4 nitrogen and oxygen atoms in total. The number of benzene rings is 1. The van der Waals surface area contributed by atoms with Gasteiger partial charge in [0.2, 0.25) is 0 Å². The Hall–Kier alpha value is -1.97. The maximum Gasteiger partial charge on any atom is 0.165 e. The van der Waals surface area contributed by atoms with Gasteiger partial charge in [-0.15, -0.1) is 0 Å². The molecule has 2 N–H and O–H groups in total. The third-order valence-corrected chi connectivity index (χ3v) is 2.45. The van der Waals surface area contributed by atoms with E-state index in [0.717, 1.165) is 12.1 Å². The minimum atomic E-state index is 0.673. The smallest absolute Gasteiger partial charge is 0.165 e. The molecule has 0 atom stereocenters. The molecule has 0 aliphatic heterocycles. The van der Waals surface area contributed by atoms with E-state index < -0.39 is 0 Å². The van der Waals surface area contributed by atoms with Gasteiger partial charge in [-0.2, -0.15) is 5.10 Å². The molecule has 2 rings (SSSR count). The number of ether oxygens (including phenoxy) is 1. The fourth-order valence-corrected chi connectivity index (χ4v) is 1.44. The third kappa shape index (κ3) is 2.00. The largest absolute Gasteiger partial charge is 0.452 e. The molecule has 4 heteroatoms. The highest BCUT2D eigenvalue weighted by Crippen LogP contribution is 2.29. The molecule has 1 aromatic heterocycles. The molecule has 16 heavy (non-hydrogen) atoms. The standard InChI is InChI=1S/C12H15N3O/c1-3-15-8-10(7-14-15)16-11-6-4-5-9(2)12(11)13/h4-8H,3,13H2,1-2H3.